The fourth-order valence-electron chi connectivity index (χ4n) is 0.680. The van der Waals surface area contributed by atoms with Gasteiger partial charge in [-0.2, -0.15) is 0 Å². The van der Waals surface area contributed by atoms with Gasteiger partial charge in [-0.1, -0.05) is 0 Å². The lowest BCUT2D eigenvalue weighted by Crippen LogP contribution is -2.12. The average Bonchev–Trinajstić information content (AvgIpc) is 1.85. The first kappa shape index (κ1) is 7.33. The number of carbonyl (C=O) groups is 1. The maximum absolute atomic E-state index is 10.6. The maximum atomic E-state index is 10.6. The molecule has 0 atom stereocenters. The van der Waals surface area contributed by atoms with Gasteiger partial charge in [-0.3, -0.25) is 4.79 Å². The number of hydrogen-bond donors (Lipinski definition) is 3. The molecular weight excluding hydrogens is 148 g/mol. The average molecular weight is 154 g/mol. The zero-order valence-corrected chi connectivity index (χ0v) is 5.50. The van der Waals surface area contributed by atoms with Crippen molar-refractivity contribution >= 4 is 11.7 Å². The van der Waals surface area contributed by atoms with E-state index in [4.69, 9.17) is 10.8 Å². The fraction of sp³-hybridized carbons (Fsp3) is 0. The summed E-state index contributed by atoms with van der Waals surface area (Å²) in [5.74, 6) is -1.20. The quantitative estimate of drug-likeness (QED) is 0.515. The molecular formula is C6H6N2O3. The largest absolute Gasteiger partial charge is 0.477 e. The molecule has 0 radical (unpaired) electrons. The molecule has 0 aromatic carbocycles. The van der Waals surface area contributed by atoms with Crippen LogP contribution in [0.5, 0.6) is 0 Å². The summed E-state index contributed by atoms with van der Waals surface area (Å²) >= 11 is 0. The van der Waals surface area contributed by atoms with Crippen LogP contribution in [0.2, 0.25) is 0 Å². The van der Waals surface area contributed by atoms with E-state index in [1.165, 1.54) is 6.07 Å². The number of aromatic nitrogens is 1. The monoisotopic (exact) mass is 154 g/mol. The highest BCUT2D eigenvalue weighted by Gasteiger charge is 2.03. The van der Waals surface area contributed by atoms with Crippen LogP contribution < -0.4 is 11.3 Å². The molecule has 0 unspecified atom stereocenters. The van der Waals surface area contributed by atoms with Crippen LogP contribution in [0.4, 0.5) is 5.69 Å². The van der Waals surface area contributed by atoms with E-state index in [-0.39, 0.29) is 11.4 Å². The predicted octanol–water partition coefficient (Wildman–Crippen LogP) is -0.345. The first-order valence-corrected chi connectivity index (χ1v) is 2.83. The normalized spacial score (nSPS) is 9.45. The van der Waals surface area contributed by atoms with Gasteiger partial charge in [-0.25, -0.2) is 4.79 Å². The molecule has 11 heavy (non-hydrogen) atoms. The molecule has 0 fully saturated rings. The lowest BCUT2D eigenvalue weighted by Gasteiger charge is -1.94. The highest BCUT2D eigenvalue weighted by atomic mass is 16.4. The molecule has 58 valence electrons. The Labute approximate surface area is 61.5 Å². The second-order valence-electron chi connectivity index (χ2n) is 2.00. The minimum atomic E-state index is -1.20. The van der Waals surface area contributed by atoms with E-state index in [1.807, 2.05) is 0 Å². The van der Waals surface area contributed by atoms with Crippen molar-refractivity contribution in [1.29, 1.82) is 0 Å². The lowest BCUT2D eigenvalue weighted by molar-refractivity contribution is 0.0690. The van der Waals surface area contributed by atoms with Crippen molar-refractivity contribution in [3.8, 4) is 0 Å². The number of nitrogens with one attached hydrogen (secondary N) is 1. The number of nitrogens with two attached hydrogens (primary N) is 1. The number of pyridine rings is 1. The van der Waals surface area contributed by atoms with Crippen molar-refractivity contribution < 1.29 is 9.90 Å². The summed E-state index contributed by atoms with van der Waals surface area (Å²) in [6.07, 6.45) is 0. The van der Waals surface area contributed by atoms with E-state index in [9.17, 15) is 9.59 Å². The van der Waals surface area contributed by atoms with Crippen LogP contribution in [0, 0.1) is 0 Å². The van der Waals surface area contributed by atoms with Crippen molar-refractivity contribution in [2.45, 2.75) is 0 Å². The Morgan fingerprint density at radius 1 is 1.55 bits per heavy atom. The van der Waals surface area contributed by atoms with Crippen LogP contribution in [0.25, 0.3) is 0 Å². The smallest absolute Gasteiger partial charge is 0.352 e. The summed E-state index contributed by atoms with van der Waals surface area (Å²) in [4.78, 5) is 23.0. The second kappa shape index (κ2) is 2.45. The summed E-state index contributed by atoms with van der Waals surface area (Å²) in [6.45, 7) is 0. The summed E-state index contributed by atoms with van der Waals surface area (Å²) in [6, 6.07) is 2.30. The molecule has 0 spiro atoms. The van der Waals surface area contributed by atoms with Crippen LogP contribution in [-0.2, 0) is 0 Å². The predicted molar refractivity (Wildman–Crippen MR) is 38.4 cm³/mol. The Morgan fingerprint density at radius 3 is 2.64 bits per heavy atom. The Hall–Kier alpha value is -1.78. The summed E-state index contributed by atoms with van der Waals surface area (Å²) in [7, 11) is 0. The molecule has 1 aromatic rings. The fourth-order valence-corrected chi connectivity index (χ4v) is 0.680. The van der Waals surface area contributed by atoms with Crippen LogP contribution in [0.3, 0.4) is 0 Å². The zero-order valence-electron chi connectivity index (χ0n) is 5.50. The van der Waals surface area contributed by atoms with Gasteiger partial charge in [0.1, 0.15) is 5.69 Å². The Morgan fingerprint density at radius 2 is 2.18 bits per heavy atom. The molecule has 0 bridgehead atoms. The molecule has 0 amide bonds. The van der Waals surface area contributed by atoms with E-state index in [1.54, 1.807) is 0 Å². The van der Waals surface area contributed by atoms with E-state index in [2.05, 4.69) is 4.98 Å². The van der Waals surface area contributed by atoms with Crippen LogP contribution in [-0.4, -0.2) is 16.1 Å². The van der Waals surface area contributed by atoms with Crippen molar-refractivity contribution in [3.05, 3.63) is 28.2 Å². The second-order valence-corrected chi connectivity index (χ2v) is 2.00. The van der Waals surface area contributed by atoms with E-state index < -0.39 is 11.5 Å². The third-order valence-corrected chi connectivity index (χ3v) is 1.10. The number of carboxylic acids is 1. The highest BCUT2D eigenvalue weighted by molar-refractivity contribution is 5.86. The van der Waals surface area contributed by atoms with Gasteiger partial charge in [0.2, 0.25) is 0 Å². The van der Waals surface area contributed by atoms with E-state index in [0.717, 1.165) is 6.07 Å². The number of anilines is 1. The van der Waals surface area contributed by atoms with E-state index in [0.29, 0.717) is 0 Å². The Bertz CT molecular complexity index is 342. The first-order chi connectivity index (χ1) is 5.09. The molecule has 0 saturated heterocycles. The van der Waals surface area contributed by atoms with Gasteiger partial charge >= 0.3 is 5.97 Å². The van der Waals surface area contributed by atoms with Crippen LogP contribution in [0.1, 0.15) is 10.5 Å². The van der Waals surface area contributed by atoms with Gasteiger partial charge in [-0.05, 0) is 6.07 Å². The third kappa shape index (κ3) is 1.57. The molecule has 1 aromatic heterocycles. The number of aromatic carboxylic acids is 1. The number of nitrogen functional groups attached to an aromatic ring is 1. The van der Waals surface area contributed by atoms with Gasteiger partial charge in [0.25, 0.3) is 5.56 Å². The molecule has 0 aliphatic heterocycles. The molecule has 1 heterocycles. The van der Waals surface area contributed by atoms with Gasteiger partial charge in [-0.15, -0.1) is 0 Å². The van der Waals surface area contributed by atoms with Gasteiger partial charge in [0.15, 0.2) is 0 Å². The third-order valence-electron chi connectivity index (χ3n) is 1.10. The van der Waals surface area contributed by atoms with Gasteiger partial charge in [0, 0.05) is 11.8 Å². The lowest BCUT2D eigenvalue weighted by atomic mass is 10.3. The number of carboxylic acid groups (broad SMARTS) is 1. The standard InChI is InChI=1S/C6H6N2O3/c7-3-1-4(6(10)11)8-5(9)2-3/h1-2H,(H,10,11)(H3,7,8,9). The van der Waals surface area contributed by atoms with E-state index >= 15 is 0 Å². The minimum Gasteiger partial charge on any atom is -0.477 e. The maximum Gasteiger partial charge on any atom is 0.352 e. The van der Waals surface area contributed by atoms with Crippen LogP contribution in [0.15, 0.2) is 16.9 Å². The molecule has 4 N–H and O–H groups in total. The van der Waals surface area contributed by atoms with Crippen LogP contribution >= 0.6 is 0 Å². The Balaban J connectivity index is 3.30. The topological polar surface area (TPSA) is 96.2 Å². The van der Waals surface area contributed by atoms with Crippen molar-refractivity contribution in [2.75, 3.05) is 5.73 Å². The van der Waals surface area contributed by atoms with Crippen molar-refractivity contribution in [3.63, 3.8) is 0 Å². The number of aromatic amines is 1. The van der Waals surface area contributed by atoms with Crippen molar-refractivity contribution in [1.82, 2.24) is 4.98 Å². The highest BCUT2D eigenvalue weighted by Crippen LogP contribution is 1.98. The molecule has 0 saturated carbocycles. The molecule has 0 aliphatic carbocycles. The summed E-state index contributed by atoms with van der Waals surface area (Å²) < 4.78 is 0. The Kier molecular flexibility index (Phi) is 1.63. The molecule has 5 nitrogen and oxygen atoms in total. The summed E-state index contributed by atoms with van der Waals surface area (Å²) in [5.41, 5.74) is 4.65. The SMILES string of the molecule is Nc1cc(C(=O)O)[nH]c(=O)c1. The summed E-state index contributed by atoms with van der Waals surface area (Å²) in [5, 5.41) is 8.41. The van der Waals surface area contributed by atoms with Gasteiger partial charge in [0.05, 0.1) is 0 Å². The molecule has 0 aliphatic rings. The molecule has 1 rings (SSSR count). The number of hydrogen-bond acceptors (Lipinski definition) is 3. The minimum absolute atomic E-state index is 0.145. The molecule has 5 heteroatoms. The zero-order chi connectivity index (χ0) is 8.43. The first-order valence-electron chi connectivity index (χ1n) is 2.83. The van der Waals surface area contributed by atoms with Gasteiger partial charge < -0.3 is 15.8 Å². The number of H-pyrrole nitrogens is 1. The van der Waals surface area contributed by atoms with Crippen molar-refractivity contribution in [2.24, 2.45) is 0 Å². The number of rotatable bonds is 1.